The first-order valence-electron chi connectivity index (χ1n) is 8.81. The normalized spacial score (nSPS) is 14.0. The molecule has 0 spiro atoms. The molecule has 132 valence electrons. The lowest BCUT2D eigenvalue weighted by molar-refractivity contribution is -0.115. The molecule has 0 bridgehead atoms. The summed E-state index contributed by atoms with van der Waals surface area (Å²) in [5, 5.41) is 5.88. The Balaban J connectivity index is 1.55. The molecule has 1 saturated heterocycles. The van der Waals surface area contributed by atoms with Crippen LogP contribution in [-0.4, -0.2) is 25.5 Å². The minimum absolute atomic E-state index is 0.116. The molecule has 1 aliphatic rings. The van der Waals surface area contributed by atoms with Crippen LogP contribution in [0.1, 0.15) is 31.7 Å². The molecule has 6 nitrogen and oxygen atoms in total. The maximum absolute atomic E-state index is 12.1. The smallest absolute Gasteiger partial charge is 0.253 e. The number of hydrogen-bond acceptors (Lipinski definition) is 5. The van der Waals surface area contributed by atoms with Gasteiger partial charge in [0.25, 0.3) is 10.9 Å². The van der Waals surface area contributed by atoms with Crippen molar-refractivity contribution in [3.63, 3.8) is 0 Å². The van der Waals surface area contributed by atoms with Gasteiger partial charge in [0.05, 0.1) is 0 Å². The first-order valence-corrected chi connectivity index (χ1v) is 8.81. The Kier molecular flexibility index (Phi) is 5.16. The highest BCUT2D eigenvalue weighted by Gasteiger charge is 2.27. The molecule has 2 aromatic rings. The zero-order chi connectivity index (χ0) is 17.8. The molecule has 0 aliphatic carbocycles. The number of hydrogen-bond donors (Lipinski definition) is 2. The van der Waals surface area contributed by atoms with E-state index in [1.54, 1.807) is 0 Å². The summed E-state index contributed by atoms with van der Waals surface area (Å²) in [5.41, 5.74) is 1.89. The van der Waals surface area contributed by atoms with Gasteiger partial charge >= 0.3 is 0 Å². The quantitative estimate of drug-likeness (QED) is 0.752. The van der Waals surface area contributed by atoms with E-state index in [2.05, 4.69) is 10.6 Å². The Morgan fingerprint density at radius 2 is 1.84 bits per heavy atom. The second-order valence-corrected chi connectivity index (χ2v) is 6.31. The van der Waals surface area contributed by atoms with Crippen molar-refractivity contribution >= 4 is 23.0 Å². The van der Waals surface area contributed by atoms with Gasteiger partial charge in [-0.3, -0.25) is 14.4 Å². The van der Waals surface area contributed by atoms with Crippen molar-refractivity contribution in [2.75, 3.05) is 35.2 Å². The molecule has 6 heteroatoms. The van der Waals surface area contributed by atoms with Gasteiger partial charge in [-0.2, -0.15) is 0 Å². The number of benzene rings is 1. The molecular formula is C19H23N3O3. The number of nitrogens with one attached hydrogen (secondary N) is 2. The van der Waals surface area contributed by atoms with Crippen LogP contribution in [0.15, 0.2) is 33.9 Å². The summed E-state index contributed by atoms with van der Waals surface area (Å²) < 4.78 is 0. The highest BCUT2D eigenvalue weighted by atomic mass is 16.2. The van der Waals surface area contributed by atoms with Crippen LogP contribution in [0.2, 0.25) is 0 Å². The van der Waals surface area contributed by atoms with E-state index >= 15 is 0 Å². The summed E-state index contributed by atoms with van der Waals surface area (Å²) in [6.45, 7) is 3.99. The lowest BCUT2D eigenvalue weighted by Crippen LogP contribution is -2.42. The first-order chi connectivity index (χ1) is 12.1. The van der Waals surface area contributed by atoms with Crippen LogP contribution in [0.5, 0.6) is 0 Å². The van der Waals surface area contributed by atoms with Crippen LogP contribution in [0.4, 0.5) is 17.1 Å². The Morgan fingerprint density at radius 1 is 1.12 bits per heavy atom. The number of carbonyl (C=O) groups excluding carboxylic acids is 1. The second-order valence-electron chi connectivity index (χ2n) is 6.31. The minimum atomic E-state index is -0.473. The minimum Gasteiger partial charge on any atom is -0.379 e. The fourth-order valence-electron chi connectivity index (χ4n) is 3.25. The van der Waals surface area contributed by atoms with Crippen LogP contribution < -0.4 is 26.4 Å². The lowest BCUT2D eigenvalue weighted by atomic mass is 10.1. The van der Waals surface area contributed by atoms with Crippen molar-refractivity contribution in [1.29, 1.82) is 0 Å². The van der Waals surface area contributed by atoms with Crippen LogP contribution in [0, 0.1) is 0 Å². The highest BCUT2D eigenvalue weighted by Crippen LogP contribution is 2.24. The number of rotatable bonds is 7. The van der Waals surface area contributed by atoms with Gasteiger partial charge in [0, 0.05) is 31.7 Å². The molecule has 1 heterocycles. The molecule has 1 fully saturated rings. The van der Waals surface area contributed by atoms with Crippen molar-refractivity contribution < 1.29 is 4.79 Å². The second kappa shape index (κ2) is 7.51. The summed E-state index contributed by atoms with van der Waals surface area (Å²) in [5.74, 6) is -0.116. The Bertz CT molecular complexity index is 831. The highest BCUT2D eigenvalue weighted by molar-refractivity contribution is 5.92. The summed E-state index contributed by atoms with van der Waals surface area (Å²) in [6, 6.07) is 7.70. The topological polar surface area (TPSA) is 78.5 Å². The number of nitrogens with zero attached hydrogens (tertiary/aromatic N) is 1. The summed E-state index contributed by atoms with van der Waals surface area (Å²) in [6.07, 6.45) is 3.16. The van der Waals surface area contributed by atoms with Crippen molar-refractivity contribution in [2.24, 2.45) is 0 Å². The fourth-order valence-corrected chi connectivity index (χ4v) is 3.25. The zero-order valence-corrected chi connectivity index (χ0v) is 14.4. The molecule has 0 aromatic heterocycles. The standard InChI is InChI=1S/C19H23N3O3/c1-2-13-7-3-4-8-14(13)21-15(23)9-10-20-16-17(19(25)18(16)24)22-11-5-6-12-22/h3-4,7-8,20H,2,5-6,9-12H2,1H3,(H,21,23). The molecule has 2 aromatic carbocycles. The summed E-state index contributed by atoms with van der Waals surface area (Å²) in [4.78, 5) is 37.7. The van der Waals surface area contributed by atoms with Gasteiger partial charge in [-0.05, 0) is 30.9 Å². The van der Waals surface area contributed by atoms with E-state index in [9.17, 15) is 14.4 Å². The van der Waals surface area contributed by atoms with E-state index in [4.69, 9.17) is 0 Å². The van der Waals surface area contributed by atoms with Gasteiger partial charge in [0.15, 0.2) is 0 Å². The Labute approximate surface area is 146 Å². The third-order valence-electron chi connectivity index (χ3n) is 4.63. The molecular weight excluding hydrogens is 318 g/mol. The predicted octanol–water partition coefficient (Wildman–Crippen LogP) is 1.89. The third kappa shape index (κ3) is 3.57. The maximum Gasteiger partial charge on any atom is 0.253 e. The van der Waals surface area contributed by atoms with E-state index in [1.807, 2.05) is 36.1 Å². The fraction of sp³-hybridized carbons (Fsp3) is 0.421. The number of para-hydroxylation sites is 1. The van der Waals surface area contributed by atoms with Crippen LogP contribution >= 0.6 is 0 Å². The monoisotopic (exact) mass is 341 g/mol. The van der Waals surface area contributed by atoms with Gasteiger partial charge in [-0.15, -0.1) is 0 Å². The van der Waals surface area contributed by atoms with E-state index < -0.39 is 10.9 Å². The van der Waals surface area contributed by atoms with E-state index in [0.717, 1.165) is 43.6 Å². The van der Waals surface area contributed by atoms with Gasteiger partial charge in [-0.25, -0.2) is 0 Å². The van der Waals surface area contributed by atoms with Crippen LogP contribution in [0.3, 0.4) is 0 Å². The van der Waals surface area contributed by atoms with E-state index in [-0.39, 0.29) is 12.3 Å². The number of amides is 1. The first kappa shape index (κ1) is 17.2. The van der Waals surface area contributed by atoms with Gasteiger partial charge in [-0.1, -0.05) is 25.1 Å². The van der Waals surface area contributed by atoms with Gasteiger partial charge in [0.1, 0.15) is 11.4 Å². The third-order valence-corrected chi connectivity index (χ3v) is 4.63. The molecule has 0 unspecified atom stereocenters. The molecule has 2 N–H and O–H groups in total. The molecule has 0 atom stereocenters. The van der Waals surface area contributed by atoms with Crippen molar-refractivity contribution in [1.82, 2.24) is 0 Å². The van der Waals surface area contributed by atoms with Crippen molar-refractivity contribution in [3.8, 4) is 0 Å². The van der Waals surface area contributed by atoms with Crippen LogP contribution in [0.25, 0.3) is 0 Å². The van der Waals surface area contributed by atoms with Crippen molar-refractivity contribution in [3.05, 3.63) is 50.3 Å². The molecule has 0 saturated carbocycles. The lowest BCUT2D eigenvalue weighted by Gasteiger charge is -2.22. The molecule has 25 heavy (non-hydrogen) atoms. The predicted molar refractivity (Wildman–Crippen MR) is 100 cm³/mol. The van der Waals surface area contributed by atoms with Gasteiger partial charge < -0.3 is 15.5 Å². The van der Waals surface area contributed by atoms with E-state index in [1.165, 1.54) is 0 Å². The average Bonchev–Trinajstić information content (AvgIpc) is 3.14. The van der Waals surface area contributed by atoms with E-state index in [0.29, 0.717) is 17.9 Å². The number of anilines is 3. The van der Waals surface area contributed by atoms with Crippen molar-refractivity contribution in [2.45, 2.75) is 32.6 Å². The molecule has 0 radical (unpaired) electrons. The van der Waals surface area contributed by atoms with Crippen LogP contribution in [-0.2, 0) is 11.2 Å². The van der Waals surface area contributed by atoms with Gasteiger partial charge in [0.2, 0.25) is 5.91 Å². The largest absolute Gasteiger partial charge is 0.379 e. The Morgan fingerprint density at radius 3 is 2.56 bits per heavy atom. The summed E-state index contributed by atoms with van der Waals surface area (Å²) >= 11 is 0. The number of aryl methyl sites for hydroxylation is 1. The zero-order valence-electron chi connectivity index (χ0n) is 14.4. The molecule has 1 aliphatic heterocycles. The SMILES string of the molecule is CCc1ccccc1NC(=O)CCNc1c(N2CCCC2)c(=O)c1=O. The summed E-state index contributed by atoms with van der Waals surface area (Å²) in [7, 11) is 0. The molecule has 1 amide bonds. The Hall–Kier alpha value is -2.63. The molecule has 3 rings (SSSR count). The number of carbonyl (C=O) groups is 1. The average molecular weight is 341 g/mol. The maximum atomic E-state index is 12.1.